The second kappa shape index (κ2) is 6.89. The SMILES string of the molecule is CCN(CC)C(=O)c1cc(C(=O)O)cc(-c2ccccc2)c1. The van der Waals surface area contributed by atoms with Crippen molar-refractivity contribution >= 4 is 11.9 Å². The fraction of sp³-hybridized carbons (Fsp3) is 0.222. The molecule has 4 heteroatoms. The van der Waals surface area contributed by atoms with E-state index >= 15 is 0 Å². The van der Waals surface area contributed by atoms with Crippen LogP contribution in [-0.4, -0.2) is 35.0 Å². The molecule has 0 spiro atoms. The van der Waals surface area contributed by atoms with Crippen LogP contribution in [0.15, 0.2) is 48.5 Å². The number of aromatic carboxylic acids is 1. The Morgan fingerprint density at radius 3 is 2.05 bits per heavy atom. The first-order valence-corrected chi connectivity index (χ1v) is 7.29. The molecule has 0 unspecified atom stereocenters. The van der Waals surface area contributed by atoms with Crippen molar-refractivity contribution in [1.82, 2.24) is 4.90 Å². The zero-order valence-electron chi connectivity index (χ0n) is 12.7. The third kappa shape index (κ3) is 3.34. The van der Waals surface area contributed by atoms with E-state index < -0.39 is 5.97 Å². The number of carboxylic acid groups (broad SMARTS) is 1. The Morgan fingerprint density at radius 1 is 0.909 bits per heavy atom. The Bertz CT molecular complexity index is 676. The number of amides is 1. The summed E-state index contributed by atoms with van der Waals surface area (Å²) >= 11 is 0. The fourth-order valence-corrected chi connectivity index (χ4v) is 2.37. The van der Waals surface area contributed by atoms with Crippen LogP contribution >= 0.6 is 0 Å². The van der Waals surface area contributed by atoms with Crippen molar-refractivity contribution in [2.45, 2.75) is 13.8 Å². The number of carboxylic acids is 1. The average Bonchev–Trinajstić information content (AvgIpc) is 2.56. The molecule has 0 saturated heterocycles. The Kier molecular flexibility index (Phi) is 4.94. The van der Waals surface area contributed by atoms with Gasteiger partial charge in [0, 0.05) is 18.7 Å². The van der Waals surface area contributed by atoms with Gasteiger partial charge in [-0.2, -0.15) is 0 Å². The van der Waals surface area contributed by atoms with E-state index in [9.17, 15) is 14.7 Å². The monoisotopic (exact) mass is 297 g/mol. The molecule has 0 heterocycles. The van der Waals surface area contributed by atoms with E-state index in [1.54, 1.807) is 17.0 Å². The van der Waals surface area contributed by atoms with Crippen molar-refractivity contribution < 1.29 is 14.7 Å². The average molecular weight is 297 g/mol. The highest BCUT2D eigenvalue weighted by atomic mass is 16.4. The Balaban J connectivity index is 2.53. The van der Waals surface area contributed by atoms with Gasteiger partial charge >= 0.3 is 5.97 Å². The molecule has 1 amide bonds. The molecule has 0 fully saturated rings. The zero-order valence-corrected chi connectivity index (χ0v) is 12.7. The maximum Gasteiger partial charge on any atom is 0.335 e. The first-order valence-electron chi connectivity index (χ1n) is 7.29. The van der Waals surface area contributed by atoms with Gasteiger partial charge in [-0.05, 0) is 43.2 Å². The Hall–Kier alpha value is -2.62. The first kappa shape index (κ1) is 15.8. The number of benzene rings is 2. The molecule has 4 nitrogen and oxygen atoms in total. The lowest BCUT2D eigenvalue weighted by Gasteiger charge is -2.19. The number of hydrogen-bond donors (Lipinski definition) is 1. The molecule has 0 atom stereocenters. The molecule has 2 aromatic carbocycles. The molecular formula is C18H19NO3. The molecule has 2 rings (SSSR count). The molecule has 0 aliphatic carbocycles. The third-order valence-corrected chi connectivity index (χ3v) is 3.58. The van der Waals surface area contributed by atoms with Crippen LogP contribution in [0, 0.1) is 0 Å². The molecule has 0 radical (unpaired) electrons. The summed E-state index contributed by atoms with van der Waals surface area (Å²) in [6.07, 6.45) is 0. The van der Waals surface area contributed by atoms with Crippen LogP contribution in [-0.2, 0) is 0 Å². The van der Waals surface area contributed by atoms with Crippen molar-refractivity contribution in [3.05, 3.63) is 59.7 Å². The van der Waals surface area contributed by atoms with Gasteiger partial charge in [0.2, 0.25) is 0 Å². The second-order valence-electron chi connectivity index (χ2n) is 4.95. The van der Waals surface area contributed by atoms with Crippen LogP contribution in [0.2, 0.25) is 0 Å². The van der Waals surface area contributed by atoms with E-state index in [-0.39, 0.29) is 11.5 Å². The maximum atomic E-state index is 12.5. The molecule has 0 bridgehead atoms. The van der Waals surface area contributed by atoms with Crippen molar-refractivity contribution in [3.8, 4) is 11.1 Å². The van der Waals surface area contributed by atoms with Gasteiger partial charge in [-0.15, -0.1) is 0 Å². The number of carbonyl (C=O) groups is 2. The minimum absolute atomic E-state index is 0.122. The standard InChI is InChI=1S/C18H19NO3/c1-3-19(4-2)17(20)15-10-14(11-16(12-15)18(21)22)13-8-6-5-7-9-13/h5-12H,3-4H2,1-2H3,(H,21,22). The van der Waals surface area contributed by atoms with Gasteiger partial charge in [0.1, 0.15) is 0 Å². The quantitative estimate of drug-likeness (QED) is 0.918. The lowest BCUT2D eigenvalue weighted by Crippen LogP contribution is -2.30. The van der Waals surface area contributed by atoms with Gasteiger partial charge in [-0.3, -0.25) is 4.79 Å². The van der Waals surface area contributed by atoms with Gasteiger partial charge < -0.3 is 10.0 Å². The zero-order chi connectivity index (χ0) is 16.1. The molecular weight excluding hydrogens is 278 g/mol. The van der Waals surface area contributed by atoms with E-state index in [0.29, 0.717) is 18.7 Å². The molecule has 1 N–H and O–H groups in total. The summed E-state index contributed by atoms with van der Waals surface area (Å²) in [5.74, 6) is -1.18. The maximum absolute atomic E-state index is 12.5. The highest BCUT2D eigenvalue weighted by molar-refractivity contribution is 5.99. The van der Waals surface area contributed by atoms with Crippen LogP contribution in [0.4, 0.5) is 0 Å². The second-order valence-corrected chi connectivity index (χ2v) is 4.95. The first-order chi connectivity index (χ1) is 10.6. The predicted molar refractivity (Wildman–Crippen MR) is 86.1 cm³/mol. The predicted octanol–water partition coefficient (Wildman–Crippen LogP) is 3.53. The van der Waals surface area contributed by atoms with E-state index in [2.05, 4.69) is 0 Å². The molecule has 0 aliphatic rings. The summed E-state index contributed by atoms with van der Waals surface area (Å²) < 4.78 is 0. The molecule has 22 heavy (non-hydrogen) atoms. The summed E-state index contributed by atoms with van der Waals surface area (Å²) in [6, 6.07) is 14.2. The van der Waals surface area contributed by atoms with Gasteiger partial charge in [0.25, 0.3) is 5.91 Å². The molecule has 0 saturated carbocycles. The fourth-order valence-electron chi connectivity index (χ4n) is 2.37. The topological polar surface area (TPSA) is 57.6 Å². The van der Waals surface area contributed by atoms with Crippen LogP contribution in [0.25, 0.3) is 11.1 Å². The van der Waals surface area contributed by atoms with Crippen LogP contribution in [0.3, 0.4) is 0 Å². The Labute approximate surface area is 130 Å². The third-order valence-electron chi connectivity index (χ3n) is 3.58. The normalized spacial score (nSPS) is 10.3. The van der Waals surface area contributed by atoms with Gasteiger partial charge in [-0.25, -0.2) is 4.79 Å². The van der Waals surface area contributed by atoms with Crippen LogP contribution in [0.1, 0.15) is 34.6 Å². The number of nitrogens with zero attached hydrogens (tertiary/aromatic N) is 1. The lowest BCUT2D eigenvalue weighted by molar-refractivity contribution is 0.0697. The summed E-state index contributed by atoms with van der Waals surface area (Å²) in [4.78, 5) is 25.5. The van der Waals surface area contributed by atoms with Gasteiger partial charge in [0.15, 0.2) is 0 Å². The smallest absolute Gasteiger partial charge is 0.335 e. The Morgan fingerprint density at radius 2 is 1.50 bits per heavy atom. The lowest BCUT2D eigenvalue weighted by atomic mass is 9.99. The molecule has 114 valence electrons. The number of hydrogen-bond acceptors (Lipinski definition) is 2. The van der Waals surface area contributed by atoms with Crippen molar-refractivity contribution in [2.75, 3.05) is 13.1 Å². The van der Waals surface area contributed by atoms with E-state index in [4.69, 9.17) is 0 Å². The minimum atomic E-state index is -1.04. The summed E-state index contributed by atoms with van der Waals surface area (Å²) in [5.41, 5.74) is 2.15. The largest absolute Gasteiger partial charge is 0.478 e. The van der Waals surface area contributed by atoms with Crippen LogP contribution < -0.4 is 0 Å². The van der Waals surface area contributed by atoms with Crippen molar-refractivity contribution in [2.24, 2.45) is 0 Å². The van der Waals surface area contributed by atoms with Gasteiger partial charge in [-0.1, -0.05) is 30.3 Å². The number of rotatable bonds is 5. The summed E-state index contributed by atoms with van der Waals surface area (Å²) in [7, 11) is 0. The van der Waals surface area contributed by atoms with E-state index in [1.165, 1.54) is 6.07 Å². The summed E-state index contributed by atoms with van der Waals surface area (Å²) in [6.45, 7) is 4.99. The van der Waals surface area contributed by atoms with Crippen molar-refractivity contribution in [1.29, 1.82) is 0 Å². The van der Waals surface area contributed by atoms with Gasteiger partial charge in [0.05, 0.1) is 5.56 Å². The van der Waals surface area contributed by atoms with E-state index in [1.807, 2.05) is 44.2 Å². The van der Waals surface area contributed by atoms with Crippen LogP contribution in [0.5, 0.6) is 0 Å². The summed E-state index contributed by atoms with van der Waals surface area (Å²) in [5, 5.41) is 9.29. The minimum Gasteiger partial charge on any atom is -0.478 e. The van der Waals surface area contributed by atoms with E-state index in [0.717, 1.165) is 11.1 Å². The highest BCUT2D eigenvalue weighted by Crippen LogP contribution is 2.23. The molecule has 0 aromatic heterocycles. The highest BCUT2D eigenvalue weighted by Gasteiger charge is 2.16. The number of carbonyl (C=O) groups excluding carboxylic acids is 1. The van der Waals surface area contributed by atoms with Crippen molar-refractivity contribution in [3.63, 3.8) is 0 Å². The molecule has 0 aliphatic heterocycles. The molecule has 2 aromatic rings.